The summed E-state index contributed by atoms with van der Waals surface area (Å²) in [6.07, 6.45) is -8.23. The summed E-state index contributed by atoms with van der Waals surface area (Å²) in [6, 6.07) is 0.659. The van der Waals surface area contributed by atoms with E-state index in [1.54, 1.807) is 0 Å². The van der Waals surface area contributed by atoms with E-state index in [-0.39, 0.29) is 6.61 Å². The lowest BCUT2D eigenvalue weighted by molar-refractivity contribution is -0.142. The maximum atomic E-state index is 12.7. The molecule has 0 fully saturated rings. The molecule has 0 aliphatic heterocycles. The Balaban J connectivity index is 3.48. The van der Waals surface area contributed by atoms with E-state index < -0.39 is 40.0 Å². The minimum atomic E-state index is -5.05. The Labute approximate surface area is 112 Å². The SMILES string of the molecule is CCOC(=O)c1c(Br)cc(C(F)F)nc1C(F)(F)F. The quantitative estimate of drug-likeness (QED) is 0.613. The van der Waals surface area contributed by atoms with E-state index in [0.717, 1.165) is 0 Å². The van der Waals surface area contributed by atoms with Crippen molar-refractivity contribution in [3.63, 3.8) is 0 Å². The first-order valence-corrected chi connectivity index (χ1v) is 5.70. The molecule has 0 unspecified atom stereocenters. The van der Waals surface area contributed by atoms with Crippen LogP contribution < -0.4 is 0 Å². The minimum Gasteiger partial charge on any atom is -0.462 e. The second-order valence-electron chi connectivity index (χ2n) is 3.27. The largest absolute Gasteiger partial charge is 0.462 e. The van der Waals surface area contributed by atoms with E-state index >= 15 is 0 Å². The van der Waals surface area contributed by atoms with Crippen LogP contribution in [-0.4, -0.2) is 17.6 Å². The Morgan fingerprint density at radius 2 is 2.05 bits per heavy atom. The first-order valence-electron chi connectivity index (χ1n) is 4.91. The summed E-state index contributed by atoms with van der Waals surface area (Å²) in [7, 11) is 0. The molecule has 1 heterocycles. The molecule has 1 rings (SSSR count). The number of hydrogen-bond donors (Lipinski definition) is 0. The molecule has 106 valence electrons. The predicted molar refractivity (Wildman–Crippen MR) is 57.9 cm³/mol. The van der Waals surface area contributed by atoms with Crippen LogP contribution in [0, 0.1) is 0 Å². The lowest BCUT2D eigenvalue weighted by Gasteiger charge is -2.14. The van der Waals surface area contributed by atoms with Gasteiger partial charge in [0.2, 0.25) is 0 Å². The van der Waals surface area contributed by atoms with Gasteiger partial charge in [-0.3, -0.25) is 0 Å². The van der Waals surface area contributed by atoms with Crippen LogP contribution in [-0.2, 0) is 10.9 Å². The standard InChI is InChI=1S/C10H7BrF5NO2/c1-2-19-9(18)6-4(11)3-5(8(12)13)17-7(6)10(14,15)16/h3,8H,2H2,1H3. The average molecular weight is 348 g/mol. The number of nitrogens with zero attached hydrogens (tertiary/aromatic N) is 1. The van der Waals surface area contributed by atoms with Crippen LogP contribution in [0.4, 0.5) is 22.0 Å². The molecule has 0 aromatic carbocycles. The number of ether oxygens (including phenoxy) is 1. The van der Waals surface area contributed by atoms with Crippen LogP contribution in [0.25, 0.3) is 0 Å². The Morgan fingerprint density at radius 3 is 2.47 bits per heavy atom. The van der Waals surface area contributed by atoms with E-state index in [2.05, 4.69) is 25.7 Å². The molecule has 0 amide bonds. The Kier molecular flexibility index (Phi) is 4.83. The molecule has 0 aliphatic carbocycles. The van der Waals surface area contributed by atoms with Crippen LogP contribution in [0.3, 0.4) is 0 Å². The minimum absolute atomic E-state index is 0.154. The number of rotatable bonds is 3. The van der Waals surface area contributed by atoms with Crippen LogP contribution >= 0.6 is 15.9 Å². The highest BCUT2D eigenvalue weighted by molar-refractivity contribution is 9.10. The number of hydrogen-bond acceptors (Lipinski definition) is 3. The monoisotopic (exact) mass is 347 g/mol. The third kappa shape index (κ3) is 3.62. The second-order valence-corrected chi connectivity index (χ2v) is 4.13. The highest BCUT2D eigenvalue weighted by Crippen LogP contribution is 2.36. The van der Waals surface area contributed by atoms with Crippen molar-refractivity contribution in [3.05, 3.63) is 27.5 Å². The van der Waals surface area contributed by atoms with E-state index in [1.165, 1.54) is 6.92 Å². The Bertz CT molecular complexity index is 490. The Morgan fingerprint density at radius 1 is 1.47 bits per heavy atom. The summed E-state index contributed by atoms with van der Waals surface area (Å²) in [4.78, 5) is 14.2. The third-order valence-electron chi connectivity index (χ3n) is 1.96. The number of carbonyl (C=O) groups is 1. The van der Waals surface area contributed by atoms with E-state index in [1.807, 2.05) is 0 Å². The molecule has 19 heavy (non-hydrogen) atoms. The third-order valence-corrected chi connectivity index (χ3v) is 2.59. The molecule has 0 N–H and O–H groups in total. The van der Waals surface area contributed by atoms with Gasteiger partial charge >= 0.3 is 12.1 Å². The predicted octanol–water partition coefficient (Wildman–Crippen LogP) is 3.98. The number of halogens is 6. The molecule has 0 atom stereocenters. The van der Waals surface area contributed by atoms with Crippen molar-refractivity contribution in [2.75, 3.05) is 6.61 Å². The summed E-state index contributed by atoms with van der Waals surface area (Å²) in [5.74, 6) is -1.28. The number of carbonyl (C=O) groups excluding carboxylic acids is 1. The summed E-state index contributed by atoms with van der Waals surface area (Å²) in [6.45, 7) is 1.25. The Hall–Kier alpha value is -1.25. The molecular formula is C10H7BrF5NO2. The highest BCUT2D eigenvalue weighted by atomic mass is 79.9. The zero-order chi connectivity index (χ0) is 14.8. The summed E-state index contributed by atoms with van der Waals surface area (Å²) in [5, 5.41) is 0. The number of esters is 1. The van der Waals surface area contributed by atoms with Crippen molar-refractivity contribution in [2.24, 2.45) is 0 Å². The van der Waals surface area contributed by atoms with Crippen LogP contribution in [0.1, 0.15) is 35.1 Å². The maximum absolute atomic E-state index is 12.7. The molecule has 0 saturated heterocycles. The van der Waals surface area contributed by atoms with Gasteiger partial charge in [0.15, 0.2) is 5.69 Å². The molecule has 0 radical (unpaired) electrons. The normalized spacial score (nSPS) is 11.8. The lowest BCUT2D eigenvalue weighted by atomic mass is 10.1. The van der Waals surface area contributed by atoms with E-state index in [0.29, 0.717) is 6.07 Å². The first kappa shape index (κ1) is 15.8. The summed E-state index contributed by atoms with van der Waals surface area (Å²) in [5.41, 5.74) is -3.69. The van der Waals surface area contributed by atoms with Crippen molar-refractivity contribution in [1.82, 2.24) is 4.98 Å². The van der Waals surface area contributed by atoms with Gasteiger partial charge in [-0.15, -0.1) is 0 Å². The zero-order valence-electron chi connectivity index (χ0n) is 9.39. The smallest absolute Gasteiger partial charge is 0.434 e. The lowest BCUT2D eigenvalue weighted by Crippen LogP contribution is -2.19. The maximum Gasteiger partial charge on any atom is 0.434 e. The number of aromatic nitrogens is 1. The molecule has 0 aliphatic rings. The molecule has 3 nitrogen and oxygen atoms in total. The fourth-order valence-corrected chi connectivity index (χ4v) is 1.83. The van der Waals surface area contributed by atoms with E-state index in [4.69, 9.17) is 0 Å². The van der Waals surface area contributed by atoms with Crippen molar-refractivity contribution >= 4 is 21.9 Å². The van der Waals surface area contributed by atoms with E-state index in [9.17, 15) is 26.7 Å². The van der Waals surface area contributed by atoms with Gasteiger partial charge in [-0.2, -0.15) is 13.2 Å². The highest BCUT2D eigenvalue weighted by Gasteiger charge is 2.40. The van der Waals surface area contributed by atoms with Gasteiger partial charge in [-0.05, 0) is 28.9 Å². The van der Waals surface area contributed by atoms with Gasteiger partial charge in [0.05, 0.1) is 6.61 Å². The van der Waals surface area contributed by atoms with Crippen LogP contribution in [0.15, 0.2) is 10.5 Å². The summed E-state index contributed by atoms with van der Waals surface area (Å²) >= 11 is 2.66. The molecular weight excluding hydrogens is 341 g/mol. The molecule has 0 spiro atoms. The topological polar surface area (TPSA) is 39.2 Å². The average Bonchev–Trinajstić information content (AvgIpc) is 2.26. The van der Waals surface area contributed by atoms with Crippen molar-refractivity contribution < 1.29 is 31.5 Å². The van der Waals surface area contributed by atoms with Crippen LogP contribution in [0.2, 0.25) is 0 Å². The molecule has 0 saturated carbocycles. The zero-order valence-corrected chi connectivity index (χ0v) is 11.0. The second kappa shape index (κ2) is 5.81. The van der Waals surface area contributed by atoms with Gasteiger partial charge in [0.1, 0.15) is 11.3 Å². The van der Waals surface area contributed by atoms with Gasteiger partial charge in [0.25, 0.3) is 6.43 Å². The van der Waals surface area contributed by atoms with Gasteiger partial charge in [-0.25, -0.2) is 18.6 Å². The van der Waals surface area contributed by atoms with Gasteiger partial charge in [0, 0.05) is 4.47 Å². The van der Waals surface area contributed by atoms with Crippen LogP contribution in [0.5, 0.6) is 0 Å². The first-order chi connectivity index (χ1) is 8.68. The molecule has 1 aromatic rings. The fourth-order valence-electron chi connectivity index (χ4n) is 1.25. The number of alkyl halides is 5. The van der Waals surface area contributed by atoms with Crippen molar-refractivity contribution in [1.29, 1.82) is 0 Å². The molecule has 1 aromatic heterocycles. The summed E-state index contributed by atoms with van der Waals surface area (Å²) < 4.78 is 67.1. The van der Waals surface area contributed by atoms with Crippen molar-refractivity contribution in [2.45, 2.75) is 19.5 Å². The molecule has 9 heteroatoms. The fraction of sp³-hybridized carbons (Fsp3) is 0.400. The van der Waals surface area contributed by atoms with Gasteiger partial charge < -0.3 is 4.74 Å². The van der Waals surface area contributed by atoms with Crippen molar-refractivity contribution in [3.8, 4) is 0 Å². The number of pyridine rings is 1. The van der Waals surface area contributed by atoms with Gasteiger partial charge in [-0.1, -0.05) is 0 Å². The molecule has 0 bridgehead atoms.